The Morgan fingerprint density at radius 2 is 1.19 bits per heavy atom. The topological polar surface area (TPSA) is 127 Å². The summed E-state index contributed by atoms with van der Waals surface area (Å²) in [5, 5.41) is 8.26. The van der Waals surface area contributed by atoms with E-state index in [4.69, 9.17) is 23.9 Å². The van der Waals surface area contributed by atoms with Crippen LogP contribution < -0.4 is 4.62 Å². The fourth-order valence-corrected chi connectivity index (χ4v) is 5.73. The van der Waals surface area contributed by atoms with Crippen LogP contribution in [0.15, 0.2) is 24.3 Å². The van der Waals surface area contributed by atoms with Gasteiger partial charge in [-0.1, -0.05) is 0 Å². The number of halogens is 6. The van der Waals surface area contributed by atoms with E-state index in [1.807, 2.05) is 66.6 Å². The average Bonchev–Trinajstić information content (AvgIpc) is 2.84. The van der Waals surface area contributed by atoms with Gasteiger partial charge in [0.1, 0.15) is 0 Å². The van der Waals surface area contributed by atoms with E-state index in [1.165, 1.54) is 4.85 Å². The minimum Gasteiger partial charge on any atom is -0.303 e. The Balaban J connectivity index is -0.000000129. The Morgan fingerprint density at radius 3 is 1.55 bits per heavy atom. The number of benzene rings is 1. The van der Waals surface area contributed by atoms with Crippen molar-refractivity contribution in [1.82, 2.24) is 29.2 Å². The molecular weight excluding hydrogens is 484 g/mol. The molecule has 0 aliphatic carbocycles. The molecule has 1 aromatic heterocycles. The van der Waals surface area contributed by atoms with E-state index in [1.54, 1.807) is 0 Å². The number of rotatable bonds is 5. The van der Waals surface area contributed by atoms with Gasteiger partial charge in [0, 0.05) is 0 Å². The predicted octanol–water partition coefficient (Wildman–Crippen LogP) is 0.941. The monoisotopic (exact) mass is 516 g/mol. The van der Waals surface area contributed by atoms with Crippen LogP contribution in [0.5, 0.6) is 0 Å². The number of phosphoric acid groups is 1. The second-order valence-electron chi connectivity index (χ2n) is 5.81. The number of nitrogens with zero attached hydrogens (tertiary/aromatic N) is 6. The molecule has 2 aromatic rings. The van der Waals surface area contributed by atoms with Gasteiger partial charge in [0.2, 0.25) is 0 Å². The van der Waals surface area contributed by atoms with Crippen molar-refractivity contribution < 1.29 is 52.1 Å². The van der Waals surface area contributed by atoms with Crippen LogP contribution in [0.25, 0.3) is 11.0 Å². The molecule has 31 heavy (non-hydrogen) atoms. The quantitative estimate of drug-likeness (QED) is 0.390. The van der Waals surface area contributed by atoms with Gasteiger partial charge in [-0.15, -0.1) is 0 Å². The van der Waals surface area contributed by atoms with Gasteiger partial charge in [-0.25, -0.2) is 4.57 Å². The van der Waals surface area contributed by atoms with Crippen molar-refractivity contribution in [2.45, 2.75) is 0 Å². The molecule has 0 unspecified atom stereocenters. The summed E-state index contributed by atoms with van der Waals surface area (Å²) in [6.45, 7) is 0. The van der Waals surface area contributed by atoms with Gasteiger partial charge in [-0.2, -0.15) is 0 Å². The van der Waals surface area contributed by atoms with Crippen LogP contribution in [-0.4, -0.2) is 86.1 Å². The molecule has 11 nitrogen and oxygen atoms in total. The average molecular weight is 516 g/mol. The summed E-state index contributed by atoms with van der Waals surface area (Å²) in [7, 11) is 4.99. The van der Waals surface area contributed by atoms with Crippen LogP contribution in [0.1, 0.15) is 0 Å². The molecule has 0 spiro atoms. The van der Waals surface area contributed by atoms with Gasteiger partial charge in [-0.3, -0.25) is 28.2 Å². The molecular formula is C12H32F6N6O5P2. The molecule has 0 bridgehead atoms. The molecule has 0 amide bonds. The number of hydrogen-bond donors (Lipinski definition) is 3. The largest absolute Gasteiger partial charge is 0.466 e. The molecule has 1 heterocycles. The summed E-state index contributed by atoms with van der Waals surface area (Å²) in [6.07, 6.45) is 0. The number of hydrogen-bond acceptors (Lipinski definition) is 7. The molecule has 0 fully saturated rings. The van der Waals surface area contributed by atoms with E-state index < -0.39 is 15.8 Å². The van der Waals surface area contributed by atoms with Crippen LogP contribution >= 0.6 is 15.8 Å². The molecule has 0 aliphatic rings. The molecule has 0 atom stereocenters. The van der Waals surface area contributed by atoms with Gasteiger partial charge in [-0.05, 0) is 0 Å². The van der Waals surface area contributed by atoms with E-state index in [0.717, 1.165) is 11.0 Å². The van der Waals surface area contributed by atoms with Crippen molar-refractivity contribution in [2.24, 2.45) is 0 Å². The van der Waals surface area contributed by atoms with E-state index in [-0.39, 0.29) is 28.2 Å². The number of fused-ring (bicyclic) bond motifs is 1. The molecule has 1 aromatic carbocycles. The maximum Gasteiger partial charge on any atom is 0.466 e. The van der Waals surface area contributed by atoms with Gasteiger partial charge in [0.05, 0.1) is 0 Å². The molecule has 3 N–H and O–H groups in total. The van der Waals surface area contributed by atoms with Crippen molar-refractivity contribution in [3.05, 3.63) is 24.3 Å². The first-order valence-corrected chi connectivity index (χ1v) is 10.5. The first kappa shape index (κ1) is 43.3. The number of aromatic nitrogens is 3. The SMILES string of the molecule is CN(C)[PH](On1nnc2ccccc21)(N(C)C)N(C)C.F.F.F.F.F.F.O=P(O)(O)O. The maximum atomic E-state index is 8.88. The second kappa shape index (κ2) is 17.0. The molecule has 0 saturated carbocycles. The Morgan fingerprint density at radius 1 is 0.839 bits per heavy atom. The zero-order chi connectivity index (χ0) is 19.4. The fraction of sp³-hybridized carbons (Fsp3) is 0.500. The third-order valence-electron chi connectivity index (χ3n) is 3.28. The minimum absolute atomic E-state index is 0. The summed E-state index contributed by atoms with van der Waals surface area (Å²) in [5.74, 6) is 0. The first-order chi connectivity index (χ1) is 11.4. The van der Waals surface area contributed by atoms with E-state index in [9.17, 15) is 0 Å². The van der Waals surface area contributed by atoms with E-state index in [0.29, 0.717) is 0 Å². The molecule has 0 aliphatic heterocycles. The first-order valence-electron chi connectivity index (χ1n) is 7.20. The zero-order valence-electron chi connectivity index (χ0n) is 17.5. The van der Waals surface area contributed by atoms with Crippen molar-refractivity contribution in [3.63, 3.8) is 0 Å². The zero-order valence-corrected chi connectivity index (χ0v) is 19.4. The summed E-state index contributed by atoms with van der Waals surface area (Å²) in [5.41, 5.74) is 1.70. The summed E-state index contributed by atoms with van der Waals surface area (Å²) in [4.78, 5) is 23.1. The molecule has 2 rings (SSSR count). The summed E-state index contributed by atoms with van der Waals surface area (Å²) >= 11 is 0. The van der Waals surface area contributed by atoms with Crippen molar-refractivity contribution >= 4 is 26.8 Å². The van der Waals surface area contributed by atoms with Gasteiger partial charge in [0.15, 0.2) is 0 Å². The molecule has 0 saturated heterocycles. The van der Waals surface area contributed by atoms with E-state index in [2.05, 4.69) is 24.3 Å². The second-order valence-corrected chi connectivity index (χ2v) is 10.9. The Bertz CT molecular complexity index is 724. The Kier molecular flexibility index (Phi) is 23.8. The standard InChI is InChI=1S/C12H23N6OP.6FH.H3O4P/c1-15(2)20(16(3)4,17(5)6)19-18-12-10-8-7-9-11(12)13-14-18;;;;;;;1-5(2,3)4/h7-10,20H,1-6H3;6*1H;(H3,1,2,3,4). The third kappa shape index (κ3) is 11.6. The Hall–Kier alpha value is -1.58. The summed E-state index contributed by atoms with van der Waals surface area (Å²) < 4.78 is 21.5. The van der Waals surface area contributed by atoms with Gasteiger partial charge >= 0.3 is 127 Å². The minimum atomic E-state index is -4.64. The van der Waals surface area contributed by atoms with Crippen LogP contribution in [0.4, 0.5) is 28.2 Å². The molecule has 0 radical (unpaired) electrons. The smallest absolute Gasteiger partial charge is 0.303 e. The maximum absolute atomic E-state index is 8.88. The van der Waals surface area contributed by atoms with Gasteiger partial charge in [0.25, 0.3) is 0 Å². The third-order valence-corrected chi connectivity index (χ3v) is 7.19. The summed E-state index contributed by atoms with van der Waals surface area (Å²) in [6, 6.07) is 7.77. The molecule has 192 valence electrons. The number of para-hydroxylation sites is 1. The van der Waals surface area contributed by atoms with Crippen LogP contribution in [0.3, 0.4) is 0 Å². The van der Waals surface area contributed by atoms with Crippen molar-refractivity contribution in [1.29, 1.82) is 0 Å². The predicted molar refractivity (Wildman–Crippen MR) is 113 cm³/mol. The Labute approximate surface area is 175 Å². The van der Waals surface area contributed by atoms with Gasteiger partial charge < -0.3 is 14.7 Å². The van der Waals surface area contributed by atoms with Crippen LogP contribution in [0.2, 0.25) is 0 Å². The fourth-order valence-electron chi connectivity index (χ4n) is 2.48. The normalized spacial score (nSPS) is 10.7. The van der Waals surface area contributed by atoms with E-state index >= 15 is 0 Å². The molecule has 19 heteroatoms. The van der Waals surface area contributed by atoms with Crippen molar-refractivity contribution in [2.75, 3.05) is 42.3 Å². The van der Waals surface area contributed by atoms with Crippen LogP contribution in [0, 0.1) is 0 Å². The van der Waals surface area contributed by atoms with Crippen LogP contribution in [-0.2, 0) is 4.57 Å². The van der Waals surface area contributed by atoms with Crippen molar-refractivity contribution in [3.8, 4) is 0 Å².